The van der Waals surface area contributed by atoms with Crippen molar-refractivity contribution in [1.82, 2.24) is 0 Å². The van der Waals surface area contributed by atoms with Gasteiger partial charge < -0.3 is 5.32 Å². The molecule has 1 atom stereocenters. The van der Waals surface area contributed by atoms with Crippen molar-refractivity contribution in [2.24, 2.45) is 5.41 Å². The van der Waals surface area contributed by atoms with Crippen molar-refractivity contribution >= 4 is 35.0 Å². The van der Waals surface area contributed by atoms with Crippen LogP contribution in [0.5, 0.6) is 0 Å². The molecule has 28 heavy (non-hydrogen) atoms. The lowest BCUT2D eigenvalue weighted by Gasteiger charge is -2.25. The molecule has 0 aromatic heterocycles. The number of thioether (sulfide) groups is 1. The Hall–Kier alpha value is -2.34. The molecule has 0 radical (unpaired) electrons. The van der Waals surface area contributed by atoms with Crippen molar-refractivity contribution in [3.8, 4) is 0 Å². The van der Waals surface area contributed by atoms with Crippen molar-refractivity contribution in [3.63, 3.8) is 0 Å². The van der Waals surface area contributed by atoms with Gasteiger partial charge in [-0.25, -0.2) is 4.39 Å². The van der Waals surface area contributed by atoms with Gasteiger partial charge in [0.25, 0.3) is 0 Å². The van der Waals surface area contributed by atoms with Gasteiger partial charge in [0.05, 0.1) is 5.75 Å². The van der Waals surface area contributed by atoms with Crippen molar-refractivity contribution in [1.29, 1.82) is 0 Å². The summed E-state index contributed by atoms with van der Waals surface area (Å²) in [5.41, 5.74) is 2.70. The molecule has 0 saturated carbocycles. The third-order valence-corrected chi connectivity index (χ3v) is 5.68. The predicted octanol–water partition coefficient (Wildman–Crippen LogP) is 5.29. The zero-order chi connectivity index (χ0) is 20.5. The Labute approximate surface area is 169 Å². The standard InChI is InChI=1S/C22H25FN2O2S/c1-14-5-10-17(11-18(14)23)25-20(27)13-28-21(25)15-6-8-16(9-7-15)24-19(26)12-22(2,3)4/h5-11,21H,12-13H2,1-4H3,(H,24,26). The third-order valence-electron chi connectivity index (χ3n) is 4.47. The van der Waals surface area contributed by atoms with Crippen molar-refractivity contribution in [2.75, 3.05) is 16.0 Å². The van der Waals surface area contributed by atoms with Gasteiger partial charge in [0.1, 0.15) is 11.2 Å². The summed E-state index contributed by atoms with van der Waals surface area (Å²) in [5.74, 6) is -0.0365. The quantitative estimate of drug-likeness (QED) is 0.759. The Morgan fingerprint density at radius 1 is 1.21 bits per heavy atom. The maximum Gasteiger partial charge on any atom is 0.238 e. The first-order valence-corrected chi connectivity index (χ1v) is 10.3. The van der Waals surface area contributed by atoms with E-state index in [4.69, 9.17) is 0 Å². The molecule has 0 aliphatic carbocycles. The van der Waals surface area contributed by atoms with Crippen LogP contribution in [0.3, 0.4) is 0 Å². The van der Waals surface area contributed by atoms with Crippen LogP contribution in [0.25, 0.3) is 0 Å². The summed E-state index contributed by atoms with van der Waals surface area (Å²) in [4.78, 5) is 26.2. The second kappa shape index (κ2) is 7.95. The molecule has 1 fully saturated rings. The number of nitrogens with one attached hydrogen (secondary N) is 1. The fourth-order valence-electron chi connectivity index (χ4n) is 3.10. The summed E-state index contributed by atoms with van der Waals surface area (Å²) in [7, 11) is 0. The van der Waals surface area contributed by atoms with Crippen LogP contribution in [0.15, 0.2) is 42.5 Å². The summed E-state index contributed by atoms with van der Waals surface area (Å²) >= 11 is 1.51. The van der Waals surface area contributed by atoms with Crippen LogP contribution in [0, 0.1) is 18.2 Å². The van der Waals surface area contributed by atoms with Gasteiger partial charge in [0, 0.05) is 17.8 Å². The molecule has 2 aromatic rings. The number of rotatable bonds is 4. The first-order valence-electron chi connectivity index (χ1n) is 9.24. The molecular formula is C22H25FN2O2S. The van der Waals surface area contributed by atoms with E-state index >= 15 is 0 Å². The molecule has 148 valence electrons. The molecule has 2 amide bonds. The topological polar surface area (TPSA) is 49.4 Å². The number of carbonyl (C=O) groups excluding carboxylic acids is 2. The van der Waals surface area contributed by atoms with Gasteiger partial charge in [0.2, 0.25) is 11.8 Å². The maximum atomic E-state index is 14.0. The molecular weight excluding hydrogens is 375 g/mol. The molecule has 2 aromatic carbocycles. The zero-order valence-corrected chi connectivity index (χ0v) is 17.4. The highest BCUT2D eigenvalue weighted by molar-refractivity contribution is 8.00. The number of hydrogen-bond donors (Lipinski definition) is 1. The smallest absolute Gasteiger partial charge is 0.238 e. The van der Waals surface area contributed by atoms with E-state index in [-0.39, 0.29) is 28.4 Å². The molecule has 1 heterocycles. The number of amides is 2. The van der Waals surface area contributed by atoms with E-state index in [1.807, 2.05) is 45.0 Å². The minimum atomic E-state index is -0.321. The predicted molar refractivity (Wildman–Crippen MR) is 113 cm³/mol. The second-order valence-electron chi connectivity index (χ2n) is 8.27. The SMILES string of the molecule is Cc1ccc(N2C(=O)CSC2c2ccc(NC(=O)CC(C)(C)C)cc2)cc1F. The van der Waals surface area contributed by atoms with Gasteiger partial charge in [-0.05, 0) is 47.7 Å². The van der Waals surface area contributed by atoms with Crippen molar-refractivity contribution in [2.45, 2.75) is 39.5 Å². The first kappa shape index (κ1) is 20.4. The Morgan fingerprint density at radius 3 is 2.50 bits per heavy atom. The highest BCUT2D eigenvalue weighted by atomic mass is 32.2. The number of aryl methyl sites for hydroxylation is 1. The minimum Gasteiger partial charge on any atom is -0.326 e. The molecule has 1 aliphatic heterocycles. The normalized spacial score (nSPS) is 17.1. The molecule has 4 nitrogen and oxygen atoms in total. The Balaban J connectivity index is 1.77. The Morgan fingerprint density at radius 2 is 1.89 bits per heavy atom. The second-order valence-corrected chi connectivity index (χ2v) is 9.34. The number of carbonyl (C=O) groups is 2. The molecule has 1 N–H and O–H groups in total. The highest BCUT2D eigenvalue weighted by Gasteiger charge is 2.34. The number of hydrogen-bond acceptors (Lipinski definition) is 3. The summed E-state index contributed by atoms with van der Waals surface area (Å²) < 4.78 is 14.0. The summed E-state index contributed by atoms with van der Waals surface area (Å²) in [6.07, 6.45) is 0.439. The van der Waals surface area contributed by atoms with E-state index in [0.29, 0.717) is 23.4 Å². The maximum absolute atomic E-state index is 14.0. The van der Waals surface area contributed by atoms with Crippen LogP contribution >= 0.6 is 11.8 Å². The number of benzene rings is 2. The van der Waals surface area contributed by atoms with E-state index in [9.17, 15) is 14.0 Å². The Kier molecular flexibility index (Phi) is 5.79. The lowest BCUT2D eigenvalue weighted by molar-refractivity contribution is -0.118. The van der Waals surface area contributed by atoms with E-state index in [2.05, 4.69) is 5.32 Å². The lowest BCUT2D eigenvalue weighted by atomic mass is 9.92. The van der Waals surface area contributed by atoms with Gasteiger partial charge >= 0.3 is 0 Å². The zero-order valence-electron chi connectivity index (χ0n) is 16.6. The molecule has 0 bridgehead atoms. The monoisotopic (exact) mass is 400 g/mol. The summed E-state index contributed by atoms with van der Waals surface area (Å²) in [6.45, 7) is 7.76. The van der Waals surface area contributed by atoms with E-state index in [1.54, 1.807) is 24.0 Å². The van der Waals surface area contributed by atoms with E-state index in [0.717, 1.165) is 11.3 Å². The van der Waals surface area contributed by atoms with Gasteiger partial charge in [-0.15, -0.1) is 11.8 Å². The molecule has 0 spiro atoms. The van der Waals surface area contributed by atoms with Gasteiger partial charge in [0.15, 0.2) is 0 Å². The average Bonchev–Trinajstić information content (AvgIpc) is 2.98. The number of anilines is 2. The van der Waals surface area contributed by atoms with Gasteiger partial charge in [-0.2, -0.15) is 0 Å². The summed E-state index contributed by atoms with van der Waals surface area (Å²) in [6, 6.07) is 12.4. The summed E-state index contributed by atoms with van der Waals surface area (Å²) in [5, 5.41) is 2.69. The van der Waals surface area contributed by atoms with Gasteiger partial charge in [-0.3, -0.25) is 14.5 Å². The first-order chi connectivity index (χ1) is 13.1. The highest BCUT2D eigenvalue weighted by Crippen LogP contribution is 2.42. The van der Waals surface area contributed by atoms with Gasteiger partial charge in [-0.1, -0.05) is 39.0 Å². The lowest BCUT2D eigenvalue weighted by Crippen LogP contribution is -2.28. The number of halogens is 1. The molecule has 1 unspecified atom stereocenters. The van der Waals surface area contributed by atoms with Crippen molar-refractivity contribution in [3.05, 3.63) is 59.4 Å². The minimum absolute atomic E-state index is 0.0255. The van der Waals surface area contributed by atoms with Crippen LogP contribution < -0.4 is 10.2 Å². The van der Waals surface area contributed by atoms with Crippen molar-refractivity contribution < 1.29 is 14.0 Å². The third kappa shape index (κ3) is 4.73. The fraction of sp³-hybridized carbons (Fsp3) is 0.364. The molecule has 1 saturated heterocycles. The van der Waals surface area contributed by atoms with Crippen LogP contribution in [-0.4, -0.2) is 17.6 Å². The number of nitrogens with zero attached hydrogens (tertiary/aromatic N) is 1. The largest absolute Gasteiger partial charge is 0.326 e. The van der Waals surface area contributed by atoms with Crippen LogP contribution in [0.1, 0.15) is 43.7 Å². The molecule has 1 aliphatic rings. The van der Waals surface area contributed by atoms with Crippen LogP contribution in [0.2, 0.25) is 0 Å². The Bertz CT molecular complexity index is 890. The molecule has 6 heteroatoms. The fourth-order valence-corrected chi connectivity index (χ4v) is 4.28. The van der Waals surface area contributed by atoms with Crippen LogP contribution in [-0.2, 0) is 9.59 Å². The van der Waals surface area contributed by atoms with E-state index in [1.165, 1.54) is 17.8 Å². The van der Waals surface area contributed by atoms with E-state index < -0.39 is 0 Å². The molecule has 3 rings (SSSR count). The average molecular weight is 401 g/mol. The van der Waals surface area contributed by atoms with Crippen LogP contribution in [0.4, 0.5) is 15.8 Å².